The van der Waals surface area contributed by atoms with Crippen molar-refractivity contribution in [3.8, 4) is 11.5 Å². The predicted molar refractivity (Wildman–Crippen MR) is 71.2 cm³/mol. The van der Waals surface area contributed by atoms with E-state index in [4.69, 9.17) is 4.74 Å². The van der Waals surface area contributed by atoms with Crippen LogP contribution in [0.2, 0.25) is 0 Å². The fourth-order valence-corrected chi connectivity index (χ4v) is 2.17. The predicted octanol–water partition coefficient (Wildman–Crippen LogP) is 1.87. The van der Waals surface area contributed by atoms with Gasteiger partial charge in [-0.15, -0.1) is 0 Å². The lowest BCUT2D eigenvalue weighted by atomic mass is 9.92. The third-order valence-corrected chi connectivity index (χ3v) is 3.22. The van der Waals surface area contributed by atoms with Gasteiger partial charge in [-0.3, -0.25) is 4.68 Å². The molecule has 0 aliphatic carbocycles. The van der Waals surface area contributed by atoms with Gasteiger partial charge >= 0.3 is 0 Å². The molecule has 0 aliphatic rings. The summed E-state index contributed by atoms with van der Waals surface area (Å²) in [5.41, 5.74) is 0.0212. The fraction of sp³-hybridized carbons (Fsp3) is 0.357. The van der Waals surface area contributed by atoms with E-state index in [0.29, 0.717) is 23.6 Å². The quantitative estimate of drug-likeness (QED) is 0.882. The first-order valence-corrected chi connectivity index (χ1v) is 6.12. The van der Waals surface area contributed by atoms with Crippen LogP contribution in [0, 0.1) is 0 Å². The minimum Gasteiger partial charge on any atom is -0.508 e. The first-order valence-electron chi connectivity index (χ1n) is 6.12. The van der Waals surface area contributed by atoms with Crippen LogP contribution < -0.4 is 4.74 Å². The first-order chi connectivity index (χ1) is 9.00. The van der Waals surface area contributed by atoms with Crippen molar-refractivity contribution >= 4 is 0 Å². The highest BCUT2D eigenvalue weighted by Gasteiger charge is 2.33. The molecule has 0 saturated carbocycles. The number of methoxy groups -OCH3 is 1. The Morgan fingerprint density at radius 1 is 1.32 bits per heavy atom. The third kappa shape index (κ3) is 2.29. The number of ether oxygens (including phenoxy) is 1. The number of aryl methyl sites for hydroxylation is 1. The van der Waals surface area contributed by atoms with E-state index in [1.54, 1.807) is 49.2 Å². The number of hydrogen-bond acceptors (Lipinski definition) is 4. The van der Waals surface area contributed by atoms with Crippen molar-refractivity contribution in [3.05, 3.63) is 41.7 Å². The number of hydrogen-bond donors (Lipinski definition) is 2. The van der Waals surface area contributed by atoms with E-state index in [1.807, 2.05) is 6.92 Å². The monoisotopic (exact) mass is 262 g/mol. The van der Waals surface area contributed by atoms with Gasteiger partial charge in [-0.2, -0.15) is 5.10 Å². The van der Waals surface area contributed by atoms with Crippen molar-refractivity contribution in [2.45, 2.75) is 26.0 Å². The van der Waals surface area contributed by atoms with Crippen LogP contribution in [0.5, 0.6) is 11.5 Å². The minimum absolute atomic E-state index is 0.163. The van der Waals surface area contributed by atoms with Gasteiger partial charge in [0.2, 0.25) is 0 Å². The standard InChI is InChI=1S/C14H18N2O3/c1-4-16-13(12(19-3)9-15-16)14(2,18)10-5-7-11(17)8-6-10/h5-9,17-18H,4H2,1-3H3. The molecule has 1 atom stereocenters. The Balaban J connectivity index is 2.54. The average Bonchev–Trinajstić information content (AvgIpc) is 2.82. The highest BCUT2D eigenvalue weighted by molar-refractivity contribution is 5.40. The zero-order chi connectivity index (χ0) is 14.0. The summed E-state index contributed by atoms with van der Waals surface area (Å²) in [6, 6.07) is 6.45. The smallest absolute Gasteiger partial charge is 0.163 e. The van der Waals surface area contributed by atoms with E-state index in [0.717, 1.165) is 0 Å². The molecular formula is C14H18N2O3. The van der Waals surface area contributed by atoms with E-state index in [1.165, 1.54) is 0 Å². The van der Waals surface area contributed by atoms with Crippen LogP contribution in [-0.2, 0) is 12.1 Å². The number of nitrogens with zero attached hydrogens (tertiary/aromatic N) is 2. The first kappa shape index (κ1) is 13.4. The minimum atomic E-state index is -1.24. The lowest BCUT2D eigenvalue weighted by Gasteiger charge is -2.25. The van der Waals surface area contributed by atoms with Gasteiger partial charge in [0.15, 0.2) is 5.75 Å². The topological polar surface area (TPSA) is 67.5 Å². The molecule has 0 spiro atoms. The summed E-state index contributed by atoms with van der Waals surface area (Å²) in [5, 5.41) is 24.4. The van der Waals surface area contributed by atoms with Crippen LogP contribution in [0.1, 0.15) is 25.1 Å². The van der Waals surface area contributed by atoms with Crippen LogP contribution in [0.3, 0.4) is 0 Å². The summed E-state index contributed by atoms with van der Waals surface area (Å²) in [6.45, 7) is 4.26. The second kappa shape index (κ2) is 4.93. The van der Waals surface area contributed by atoms with E-state index in [-0.39, 0.29) is 5.75 Å². The van der Waals surface area contributed by atoms with E-state index >= 15 is 0 Å². The van der Waals surface area contributed by atoms with Gasteiger partial charge in [0, 0.05) is 6.54 Å². The van der Waals surface area contributed by atoms with Crippen LogP contribution >= 0.6 is 0 Å². The number of aromatic nitrogens is 2. The normalized spacial score (nSPS) is 14.1. The molecule has 19 heavy (non-hydrogen) atoms. The molecule has 102 valence electrons. The van der Waals surface area contributed by atoms with Gasteiger partial charge in [0.05, 0.1) is 13.3 Å². The van der Waals surface area contributed by atoms with E-state index < -0.39 is 5.60 Å². The van der Waals surface area contributed by atoms with Gasteiger partial charge in [-0.05, 0) is 31.5 Å². The molecule has 1 aromatic carbocycles. The zero-order valence-electron chi connectivity index (χ0n) is 11.3. The van der Waals surface area contributed by atoms with Crippen molar-refractivity contribution in [3.63, 3.8) is 0 Å². The molecular weight excluding hydrogens is 244 g/mol. The zero-order valence-corrected chi connectivity index (χ0v) is 11.3. The van der Waals surface area contributed by atoms with Crippen LogP contribution in [0.25, 0.3) is 0 Å². The highest BCUT2D eigenvalue weighted by Crippen LogP contribution is 2.35. The molecule has 2 rings (SSSR count). The molecule has 1 aromatic heterocycles. The number of rotatable bonds is 4. The van der Waals surface area contributed by atoms with Crippen molar-refractivity contribution in [1.29, 1.82) is 0 Å². The maximum atomic E-state index is 10.8. The Labute approximate surface area is 112 Å². The average molecular weight is 262 g/mol. The number of phenolic OH excluding ortho intramolecular Hbond substituents is 1. The lowest BCUT2D eigenvalue weighted by molar-refractivity contribution is 0.0885. The second-order valence-electron chi connectivity index (χ2n) is 4.50. The van der Waals surface area contributed by atoms with Crippen molar-refractivity contribution < 1.29 is 14.9 Å². The summed E-state index contributed by atoms with van der Waals surface area (Å²) in [7, 11) is 1.55. The summed E-state index contributed by atoms with van der Waals surface area (Å²) < 4.78 is 6.97. The maximum Gasteiger partial charge on any atom is 0.163 e. The van der Waals surface area contributed by atoms with Crippen LogP contribution in [0.15, 0.2) is 30.5 Å². The highest BCUT2D eigenvalue weighted by atomic mass is 16.5. The van der Waals surface area contributed by atoms with Crippen molar-refractivity contribution in [1.82, 2.24) is 9.78 Å². The number of phenols is 1. The summed E-state index contributed by atoms with van der Waals surface area (Å²) >= 11 is 0. The summed E-state index contributed by atoms with van der Waals surface area (Å²) in [4.78, 5) is 0. The van der Waals surface area contributed by atoms with Gasteiger partial charge in [-0.1, -0.05) is 12.1 Å². The van der Waals surface area contributed by atoms with Crippen molar-refractivity contribution in [2.75, 3.05) is 7.11 Å². The molecule has 1 heterocycles. The van der Waals surface area contributed by atoms with Crippen LogP contribution in [-0.4, -0.2) is 27.1 Å². The molecule has 0 radical (unpaired) electrons. The molecule has 5 nitrogen and oxygen atoms in total. The molecule has 0 bridgehead atoms. The Kier molecular flexibility index (Phi) is 3.48. The Morgan fingerprint density at radius 3 is 2.47 bits per heavy atom. The Bertz CT molecular complexity index is 537. The number of aromatic hydroxyl groups is 1. The molecule has 2 aromatic rings. The molecule has 2 N–H and O–H groups in total. The SMILES string of the molecule is CCn1ncc(OC)c1C(C)(O)c1ccc(O)cc1. The van der Waals surface area contributed by atoms with Crippen LogP contribution in [0.4, 0.5) is 0 Å². The molecule has 5 heteroatoms. The molecule has 0 saturated heterocycles. The van der Waals surface area contributed by atoms with Gasteiger partial charge in [0.25, 0.3) is 0 Å². The summed E-state index contributed by atoms with van der Waals surface area (Å²) in [6.07, 6.45) is 1.59. The lowest BCUT2D eigenvalue weighted by Crippen LogP contribution is -2.27. The Hall–Kier alpha value is -2.01. The molecule has 0 fully saturated rings. The van der Waals surface area contributed by atoms with Gasteiger partial charge in [0.1, 0.15) is 17.0 Å². The van der Waals surface area contributed by atoms with Gasteiger partial charge < -0.3 is 14.9 Å². The number of benzene rings is 1. The fourth-order valence-electron chi connectivity index (χ4n) is 2.17. The largest absolute Gasteiger partial charge is 0.508 e. The van der Waals surface area contributed by atoms with Gasteiger partial charge in [-0.25, -0.2) is 0 Å². The number of aliphatic hydroxyl groups is 1. The molecule has 1 unspecified atom stereocenters. The summed E-state index contributed by atoms with van der Waals surface area (Å²) in [5.74, 6) is 0.704. The molecule has 0 amide bonds. The van der Waals surface area contributed by atoms with E-state index in [2.05, 4.69) is 5.10 Å². The molecule has 0 aliphatic heterocycles. The van der Waals surface area contributed by atoms with E-state index in [9.17, 15) is 10.2 Å². The van der Waals surface area contributed by atoms with Crippen molar-refractivity contribution in [2.24, 2.45) is 0 Å². The Morgan fingerprint density at radius 2 is 1.95 bits per heavy atom. The second-order valence-corrected chi connectivity index (χ2v) is 4.50. The third-order valence-electron chi connectivity index (χ3n) is 3.22. The maximum absolute atomic E-state index is 10.8.